The normalized spacial score (nSPS) is 10.4. The molecular formula is C22H18Cl6N2OS2. The van der Waals surface area contributed by atoms with E-state index in [2.05, 4.69) is 22.9 Å². The minimum absolute atomic E-state index is 0.0581. The van der Waals surface area contributed by atoms with E-state index in [1.165, 1.54) is 11.8 Å². The molecule has 0 atom stereocenters. The van der Waals surface area contributed by atoms with E-state index in [1.807, 2.05) is 0 Å². The second-order valence-corrected chi connectivity index (χ2v) is 10.4. The molecule has 0 unspecified atom stereocenters. The molecular weight excluding hydrogens is 585 g/mol. The molecule has 1 aromatic heterocycles. The van der Waals surface area contributed by atoms with Crippen molar-refractivity contribution in [2.45, 2.75) is 22.6 Å². The molecule has 1 N–H and O–H groups in total. The minimum Gasteiger partial charge on any atom is -0.352 e. The van der Waals surface area contributed by atoms with Crippen molar-refractivity contribution in [1.29, 1.82) is 0 Å². The van der Waals surface area contributed by atoms with Crippen LogP contribution in [0.15, 0.2) is 58.6 Å². The molecule has 0 bridgehead atoms. The molecule has 3 nitrogen and oxygen atoms in total. The predicted molar refractivity (Wildman–Crippen MR) is 147 cm³/mol. The van der Waals surface area contributed by atoms with Crippen molar-refractivity contribution in [3.8, 4) is 0 Å². The number of rotatable bonds is 7. The average molecular weight is 603 g/mol. The summed E-state index contributed by atoms with van der Waals surface area (Å²) in [7, 11) is 0. The summed E-state index contributed by atoms with van der Waals surface area (Å²) in [4.78, 5) is 16.6. The van der Waals surface area contributed by atoms with Gasteiger partial charge in [-0.05, 0) is 55.0 Å². The molecule has 0 radical (unpaired) electrons. The first-order chi connectivity index (χ1) is 15.7. The molecule has 0 aliphatic heterocycles. The number of carbonyl (C=O) groups excluding carboxylic acids is 1. The lowest BCUT2D eigenvalue weighted by Gasteiger charge is -2.10. The van der Waals surface area contributed by atoms with Crippen LogP contribution in [-0.2, 0) is 0 Å². The fourth-order valence-corrected chi connectivity index (χ4v) is 5.54. The van der Waals surface area contributed by atoms with Crippen LogP contribution in [0.3, 0.4) is 0 Å². The zero-order chi connectivity index (χ0) is 24.4. The Morgan fingerprint density at radius 1 is 0.879 bits per heavy atom. The van der Waals surface area contributed by atoms with Gasteiger partial charge in [0.15, 0.2) is 0 Å². The summed E-state index contributed by atoms with van der Waals surface area (Å²) in [5.74, 6) is 0.806. The minimum atomic E-state index is -0.0581. The molecule has 2 aromatic carbocycles. The maximum atomic E-state index is 11.4. The number of halogens is 6. The fourth-order valence-electron chi connectivity index (χ4n) is 2.39. The average Bonchev–Trinajstić information content (AvgIpc) is 2.76. The molecule has 176 valence electrons. The van der Waals surface area contributed by atoms with Gasteiger partial charge in [-0.3, -0.25) is 9.78 Å². The second-order valence-electron chi connectivity index (χ2n) is 6.43. The molecule has 0 aliphatic carbocycles. The lowest BCUT2D eigenvalue weighted by atomic mass is 10.2. The number of pyridine rings is 1. The van der Waals surface area contributed by atoms with E-state index in [1.54, 1.807) is 48.8 Å². The first-order valence-electron chi connectivity index (χ1n) is 9.49. The van der Waals surface area contributed by atoms with E-state index in [9.17, 15) is 4.79 Å². The van der Waals surface area contributed by atoms with E-state index in [-0.39, 0.29) is 5.91 Å². The summed E-state index contributed by atoms with van der Waals surface area (Å²) in [6.07, 6.45) is 5.21. The smallest absolute Gasteiger partial charge is 0.252 e. The van der Waals surface area contributed by atoms with Crippen molar-refractivity contribution in [3.63, 3.8) is 0 Å². The highest BCUT2D eigenvalue weighted by molar-refractivity contribution is 7.99. The Morgan fingerprint density at radius 2 is 1.39 bits per heavy atom. The quantitative estimate of drug-likeness (QED) is 0.209. The van der Waals surface area contributed by atoms with Crippen LogP contribution in [0.25, 0.3) is 0 Å². The molecule has 11 heteroatoms. The standard InChI is InChI=1S/C12H4Cl6S.C10H14N2OS/c13-5-1-7(15)11(8(16)2-5)19-12-9(17)3-6(14)4-10(12)18;13-10(12-6-1-2-7-14)9-4-3-5-11-8-9/h1-4H;3-5,8,14H,1-2,6-7H2,(H,12,13). The lowest BCUT2D eigenvalue weighted by Crippen LogP contribution is -2.24. The molecule has 0 saturated heterocycles. The third kappa shape index (κ3) is 9.58. The Kier molecular flexibility index (Phi) is 12.9. The lowest BCUT2D eigenvalue weighted by molar-refractivity contribution is 0.0953. The van der Waals surface area contributed by atoms with Crippen LogP contribution >= 0.6 is 94.0 Å². The summed E-state index contributed by atoms with van der Waals surface area (Å²) < 4.78 is 0. The van der Waals surface area contributed by atoms with E-state index in [0.29, 0.717) is 52.0 Å². The number of nitrogens with zero attached hydrogens (tertiary/aromatic N) is 1. The second kappa shape index (κ2) is 14.8. The third-order valence-corrected chi connectivity index (χ3v) is 7.61. The van der Waals surface area contributed by atoms with Crippen LogP contribution < -0.4 is 5.32 Å². The number of benzene rings is 2. The Labute approximate surface area is 232 Å². The fraction of sp³-hybridized carbons (Fsp3) is 0.182. The van der Waals surface area contributed by atoms with Gasteiger partial charge < -0.3 is 5.32 Å². The van der Waals surface area contributed by atoms with Gasteiger partial charge in [-0.15, -0.1) is 0 Å². The van der Waals surface area contributed by atoms with Crippen LogP contribution in [0.5, 0.6) is 0 Å². The zero-order valence-electron chi connectivity index (χ0n) is 16.9. The van der Waals surface area contributed by atoms with Gasteiger partial charge in [0, 0.05) is 38.8 Å². The Morgan fingerprint density at radius 3 is 1.82 bits per heavy atom. The number of hydrogen-bond donors (Lipinski definition) is 2. The van der Waals surface area contributed by atoms with Gasteiger partial charge in [-0.25, -0.2) is 0 Å². The molecule has 1 heterocycles. The summed E-state index contributed by atoms with van der Waals surface area (Å²) in [6, 6.07) is 9.93. The maximum absolute atomic E-state index is 11.4. The van der Waals surface area contributed by atoms with Crippen molar-refractivity contribution < 1.29 is 4.79 Å². The Balaban J connectivity index is 0.000000245. The first kappa shape index (κ1) is 28.7. The largest absolute Gasteiger partial charge is 0.352 e. The van der Waals surface area contributed by atoms with Gasteiger partial charge in [-0.2, -0.15) is 12.6 Å². The van der Waals surface area contributed by atoms with Crippen LogP contribution in [0.2, 0.25) is 30.1 Å². The van der Waals surface area contributed by atoms with Crippen molar-refractivity contribution in [1.82, 2.24) is 10.3 Å². The van der Waals surface area contributed by atoms with E-state index in [0.717, 1.165) is 18.6 Å². The van der Waals surface area contributed by atoms with Gasteiger partial charge in [0.05, 0.1) is 25.7 Å². The van der Waals surface area contributed by atoms with Gasteiger partial charge in [-0.1, -0.05) is 81.4 Å². The number of unbranched alkanes of at least 4 members (excludes halogenated alkanes) is 1. The van der Waals surface area contributed by atoms with E-state index >= 15 is 0 Å². The van der Waals surface area contributed by atoms with Gasteiger partial charge in [0.1, 0.15) is 0 Å². The van der Waals surface area contributed by atoms with Crippen LogP contribution in [0.4, 0.5) is 0 Å². The van der Waals surface area contributed by atoms with Crippen molar-refractivity contribution in [2.75, 3.05) is 12.3 Å². The first-order valence-corrected chi connectivity index (χ1v) is 13.2. The monoisotopic (exact) mass is 600 g/mol. The number of nitrogens with one attached hydrogen (secondary N) is 1. The number of aromatic nitrogens is 1. The van der Waals surface area contributed by atoms with Crippen LogP contribution in [0, 0.1) is 0 Å². The summed E-state index contributed by atoms with van der Waals surface area (Å²) in [6.45, 7) is 0.703. The number of carbonyl (C=O) groups is 1. The van der Waals surface area contributed by atoms with Crippen LogP contribution in [-0.4, -0.2) is 23.2 Å². The Hall–Kier alpha value is -0.500. The molecule has 0 spiro atoms. The van der Waals surface area contributed by atoms with Crippen molar-refractivity contribution in [2.24, 2.45) is 0 Å². The SMILES string of the molecule is Clc1cc(Cl)c(Sc2c(Cl)cc(Cl)cc2Cl)c(Cl)c1.O=C(NCCCCS)c1cccnc1. The highest BCUT2D eigenvalue weighted by Crippen LogP contribution is 2.45. The van der Waals surface area contributed by atoms with Crippen LogP contribution in [0.1, 0.15) is 23.2 Å². The van der Waals surface area contributed by atoms with Gasteiger partial charge in [0.2, 0.25) is 0 Å². The topological polar surface area (TPSA) is 42.0 Å². The van der Waals surface area contributed by atoms with E-state index in [4.69, 9.17) is 69.6 Å². The number of hydrogen-bond acceptors (Lipinski definition) is 4. The van der Waals surface area contributed by atoms with Crippen molar-refractivity contribution in [3.05, 3.63) is 84.5 Å². The summed E-state index contributed by atoms with van der Waals surface area (Å²) in [5.41, 5.74) is 0.610. The molecule has 0 fully saturated rings. The molecule has 3 aromatic rings. The molecule has 0 saturated carbocycles. The predicted octanol–water partition coefficient (Wildman–Crippen LogP) is 9.28. The summed E-state index contributed by atoms with van der Waals surface area (Å²) in [5, 5.41) is 5.49. The van der Waals surface area contributed by atoms with E-state index < -0.39 is 0 Å². The highest BCUT2D eigenvalue weighted by Gasteiger charge is 2.15. The number of thiol groups is 1. The highest BCUT2D eigenvalue weighted by atomic mass is 35.5. The summed E-state index contributed by atoms with van der Waals surface area (Å²) >= 11 is 41.6. The molecule has 3 rings (SSSR count). The molecule has 33 heavy (non-hydrogen) atoms. The van der Waals surface area contributed by atoms with Crippen molar-refractivity contribution >= 4 is 99.9 Å². The van der Waals surface area contributed by atoms with Gasteiger partial charge >= 0.3 is 0 Å². The Bertz CT molecular complexity index is 984. The molecule has 0 aliphatic rings. The third-order valence-electron chi connectivity index (χ3n) is 3.92. The number of amides is 1. The maximum Gasteiger partial charge on any atom is 0.252 e. The zero-order valence-corrected chi connectivity index (χ0v) is 23.2. The molecule has 1 amide bonds. The van der Waals surface area contributed by atoms with Gasteiger partial charge in [0.25, 0.3) is 5.91 Å².